The maximum atomic E-state index is 13.0. The Bertz CT molecular complexity index is 1200. The van der Waals surface area contributed by atoms with Gasteiger partial charge in [-0.2, -0.15) is 4.73 Å². The molecular weight excluding hydrogens is 434 g/mol. The van der Waals surface area contributed by atoms with Crippen molar-refractivity contribution >= 4 is 29.2 Å². The number of ether oxygens (including phenoxy) is 1. The monoisotopic (exact) mass is 457 g/mol. The highest BCUT2D eigenvalue weighted by Gasteiger charge is 2.25. The molecule has 0 atom stereocenters. The zero-order valence-corrected chi connectivity index (χ0v) is 18.2. The van der Waals surface area contributed by atoms with Gasteiger partial charge in [-0.1, -0.05) is 30.3 Å². The number of pyridine rings is 1. The number of nitrogens with one attached hydrogen (secondary N) is 1. The minimum atomic E-state index is -0.773. The zero-order valence-electron chi connectivity index (χ0n) is 17.4. The van der Waals surface area contributed by atoms with Crippen LogP contribution in [0.25, 0.3) is 0 Å². The third-order valence-electron chi connectivity index (χ3n) is 4.62. The van der Waals surface area contributed by atoms with Crippen LogP contribution in [0.1, 0.15) is 5.56 Å². The van der Waals surface area contributed by atoms with E-state index in [0.717, 1.165) is 17.3 Å². The second kappa shape index (κ2) is 10.6. The first kappa shape index (κ1) is 23.1. The number of benzene rings is 1. The number of carbonyl (C=O) groups is 1. The predicted octanol–water partition coefficient (Wildman–Crippen LogP) is 0.572. The number of aromatic amines is 1. The number of hydrogen-bond acceptors (Lipinski definition) is 7. The summed E-state index contributed by atoms with van der Waals surface area (Å²) in [6.07, 6.45) is 1.33. The minimum absolute atomic E-state index is 0.0406. The number of thioether (sulfide) groups is 1. The smallest absolute Gasteiger partial charge is 0.330 e. The lowest BCUT2D eigenvalue weighted by atomic mass is 10.2. The third kappa shape index (κ3) is 5.37. The van der Waals surface area contributed by atoms with Crippen molar-refractivity contribution in [3.05, 3.63) is 86.3 Å². The maximum Gasteiger partial charge on any atom is 0.330 e. The van der Waals surface area contributed by atoms with Crippen molar-refractivity contribution in [1.29, 1.82) is 0 Å². The Morgan fingerprint density at radius 2 is 1.94 bits per heavy atom. The summed E-state index contributed by atoms with van der Waals surface area (Å²) in [7, 11) is 1.46. The number of amides is 1. The molecule has 3 N–H and O–H groups in total. The van der Waals surface area contributed by atoms with Crippen LogP contribution in [0.4, 0.5) is 11.5 Å². The molecule has 0 bridgehead atoms. The van der Waals surface area contributed by atoms with Crippen LogP contribution in [0.5, 0.6) is 0 Å². The Morgan fingerprint density at radius 1 is 1.22 bits per heavy atom. The molecule has 0 spiro atoms. The summed E-state index contributed by atoms with van der Waals surface area (Å²) in [5.74, 6) is -0.708. The van der Waals surface area contributed by atoms with E-state index in [0.29, 0.717) is 9.76 Å². The first-order chi connectivity index (χ1) is 15.4. The number of nitrogens with zero attached hydrogens (tertiary/aromatic N) is 3. The average molecular weight is 458 g/mol. The van der Waals surface area contributed by atoms with Crippen LogP contribution in [-0.4, -0.2) is 41.5 Å². The van der Waals surface area contributed by atoms with Gasteiger partial charge in [0.05, 0.1) is 18.9 Å². The summed E-state index contributed by atoms with van der Waals surface area (Å²) >= 11 is 1.03. The highest BCUT2D eigenvalue weighted by atomic mass is 32.2. The van der Waals surface area contributed by atoms with Crippen molar-refractivity contribution in [2.45, 2.75) is 11.6 Å². The zero-order chi connectivity index (χ0) is 23.1. The minimum Gasteiger partial charge on any atom is -0.618 e. The lowest BCUT2D eigenvalue weighted by Crippen LogP contribution is -2.43. The molecule has 3 rings (SSSR count). The van der Waals surface area contributed by atoms with Crippen LogP contribution in [-0.2, 0) is 16.1 Å². The van der Waals surface area contributed by atoms with Gasteiger partial charge < -0.3 is 20.6 Å². The molecule has 168 valence electrons. The highest BCUT2D eigenvalue weighted by molar-refractivity contribution is 7.99. The molecule has 0 aliphatic carbocycles. The van der Waals surface area contributed by atoms with E-state index in [1.165, 1.54) is 22.8 Å². The Labute approximate surface area is 187 Å². The summed E-state index contributed by atoms with van der Waals surface area (Å²) in [6, 6.07) is 14.0. The number of nitrogen functional groups attached to an aromatic ring is 1. The van der Waals surface area contributed by atoms with E-state index in [1.807, 2.05) is 30.3 Å². The second-order valence-electron chi connectivity index (χ2n) is 6.76. The largest absolute Gasteiger partial charge is 0.618 e. The number of rotatable bonds is 9. The molecule has 0 aliphatic heterocycles. The van der Waals surface area contributed by atoms with Crippen molar-refractivity contribution in [2.24, 2.45) is 0 Å². The quantitative estimate of drug-likeness (QED) is 0.272. The topological polar surface area (TPSA) is 137 Å². The Hall–Kier alpha value is -3.57. The molecule has 11 heteroatoms. The first-order valence-corrected chi connectivity index (χ1v) is 10.7. The number of nitrogens with two attached hydrogens (primary N) is 1. The summed E-state index contributed by atoms with van der Waals surface area (Å²) < 4.78 is 6.93. The molecule has 0 fully saturated rings. The first-order valence-electron chi connectivity index (χ1n) is 9.69. The molecule has 0 saturated carbocycles. The van der Waals surface area contributed by atoms with E-state index >= 15 is 0 Å². The normalized spacial score (nSPS) is 10.8. The SMILES string of the molecule is COCCN(C(=O)CSc1cccc[n+]1[O-])c1c(N)n(Cc2ccccc2)c(=O)[nH]c1=O. The number of hydrogen-bond donors (Lipinski definition) is 2. The van der Waals surface area contributed by atoms with E-state index in [4.69, 9.17) is 10.5 Å². The summed E-state index contributed by atoms with van der Waals surface area (Å²) in [6.45, 7) is 0.301. The van der Waals surface area contributed by atoms with Gasteiger partial charge in [0.15, 0.2) is 11.9 Å². The molecule has 3 aromatic rings. The van der Waals surface area contributed by atoms with Gasteiger partial charge in [-0.15, -0.1) is 0 Å². The van der Waals surface area contributed by atoms with Gasteiger partial charge in [0, 0.05) is 25.8 Å². The molecule has 2 aromatic heterocycles. The van der Waals surface area contributed by atoms with Gasteiger partial charge in [0.2, 0.25) is 5.91 Å². The van der Waals surface area contributed by atoms with Crippen molar-refractivity contribution in [2.75, 3.05) is 36.6 Å². The van der Waals surface area contributed by atoms with E-state index in [9.17, 15) is 19.6 Å². The van der Waals surface area contributed by atoms with Gasteiger partial charge >= 0.3 is 5.69 Å². The van der Waals surface area contributed by atoms with E-state index in [1.54, 1.807) is 18.2 Å². The van der Waals surface area contributed by atoms with Crippen LogP contribution >= 0.6 is 11.8 Å². The van der Waals surface area contributed by atoms with Gasteiger partial charge in [-0.3, -0.25) is 19.1 Å². The van der Waals surface area contributed by atoms with Gasteiger partial charge in [0.25, 0.3) is 10.6 Å². The highest BCUT2D eigenvalue weighted by Crippen LogP contribution is 2.20. The fourth-order valence-corrected chi connectivity index (χ4v) is 3.83. The summed E-state index contributed by atoms with van der Waals surface area (Å²) in [5, 5.41) is 12.2. The number of aromatic nitrogens is 3. The average Bonchev–Trinajstić information content (AvgIpc) is 2.78. The lowest BCUT2D eigenvalue weighted by Gasteiger charge is -2.24. The summed E-state index contributed by atoms with van der Waals surface area (Å²) in [4.78, 5) is 41.5. The second-order valence-corrected chi connectivity index (χ2v) is 7.75. The maximum absolute atomic E-state index is 13.0. The Morgan fingerprint density at radius 3 is 2.62 bits per heavy atom. The van der Waals surface area contributed by atoms with Crippen LogP contribution in [0.2, 0.25) is 0 Å². The van der Waals surface area contributed by atoms with Gasteiger partial charge in [-0.25, -0.2) is 4.79 Å². The number of methoxy groups -OCH3 is 1. The molecule has 10 nitrogen and oxygen atoms in total. The molecule has 1 amide bonds. The summed E-state index contributed by atoms with van der Waals surface area (Å²) in [5.41, 5.74) is 5.44. The molecule has 2 heterocycles. The van der Waals surface area contributed by atoms with E-state index in [2.05, 4.69) is 4.98 Å². The molecular formula is C21H23N5O5S. The number of H-pyrrole nitrogens is 1. The van der Waals surface area contributed by atoms with Crippen molar-refractivity contribution in [3.63, 3.8) is 0 Å². The van der Waals surface area contributed by atoms with Crippen molar-refractivity contribution in [1.82, 2.24) is 9.55 Å². The number of carbonyl (C=O) groups excluding carboxylic acids is 1. The van der Waals surface area contributed by atoms with Crippen LogP contribution in [0.3, 0.4) is 0 Å². The fourth-order valence-electron chi connectivity index (χ4n) is 3.04. The molecule has 0 unspecified atom stereocenters. The van der Waals surface area contributed by atoms with E-state index < -0.39 is 17.2 Å². The number of anilines is 2. The van der Waals surface area contributed by atoms with Crippen molar-refractivity contribution < 1.29 is 14.3 Å². The van der Waals surface area contributed by atoms with Crippen LogP contribution < -0.4 is 26.6 Å². The van der Waals surface area contributed by atoms with Crippen molar-refractivity contribution in [3.8, 4) is 0 Å². The fraction of sp³-hybridized carbons (Fsp3) is 0.238. The lowest BCUT2D eigenvalue weighted by molar-refractivity contribution is -0.645. The Balaban J connectivity index is 1.94. The van der Waals surface area contributed by atoms with E-state index in [-0.39, 0.29) is 37.0 Å². The molecule has 0 aliphatic rings. The standard InChI is InChI=1S/C21H23N5O5S/c1-31-12-11-24(16(27)14-32-17-9-5-6-10-26(17)30)18-19(22)25(21(29)23-20(18)28)13-15-7-3-2-4-8-15/h2-10H,11-14,22H2,1H3,(H,23,28,29). The predicted molar refractivity (Wildman–Crippen MR) is 122 cm³/mol. The molecule has 32 heavy (non-hydrogen) atoms. The van der Waals surface area contributed by atoms with Crippen LogP contribution in [0.15, 0.2) is 69.3 Å². The third-order valence-corrected chi connectivity index (χ3v) is 5.62. The van der Waals surface area contributed by atoms with Gasteiger partial charge in [0.1, 0.15) is 5.82 Å². The molecule has 1 aromatic carbocycles. The molecule has 0 radical (unpaired) electrons. The Kier molecular flexibility index (Phi) is 7.68. The van der Waals surface area contributed by atoms with Gasteiger partial charge in [-0.05, 0) is 23.4 Å². The van der Waals surface area contributed by atoms with Crippen LogP contribution in [0, 0.1) is 5.21 Å². The molecule has 0 saturated heterocycles.